The van der Waals surface area contributed by atoms with Crippen molar-refractivity contribution in [2.45, 2.75) is 25.8 Å². The molecule has 0 spiro atoms. The maximum atomic E-state index is 13.0. The van der Waals surface area contributed by atoms with Gasteiger partial charge in [0.05, 0.1) is 5.69 Å². The molecule has 1 unspecified atom stereocenters. The fraction of sp³-hybridized carbons (Fsp3) is 0.471. The van der Waals surface area contributed by atoms with Gasteiger partial charge in [-0.15, -0.1) is 5.10 Å². The molecule has 128 valence electrons. The number of nitrogens with zero attached hydrogens (tertiary/aromatic N) is 4. The van der Waals surface area contributed by atoms with Gasteiger partial charge < -0.3 is 10.2 Å². The number of nitrogens with one attached hydrogen (secondary N) is 1. The SMILES string of the molecule is Cc1nc(C(=O)NCC(C2CC2)N(C)C)nn1-c1ccc(F)cc1. The van der Waals surface area contributed by atoms with Gasteiger partial charge in [-0.1, -0.05) is 0 Å². The predicted octanol–water partition coefficient (Wildman–Crippen LogP) is 1.78. The highest BCUT2D eigenvalue weighted by Crippen LogP contribution is 2.34. The van der Waals surface area contributed by atoms with Crippen molar-refractivity contribution in [2.75, 3.05) is 20.6 Å². The van der Waals surface area contributed by atoms with Crippen molar-refractivity contribution < 1.29 is 9.18 Å². The average molecular weight is 331 g/mol. The summed E-state index contributed by atoms with van der Waals surface area (Å²) in [6.45, 7) is 2.35. The van der Waals surface area contributed by atoms with Gasteiger partial charge in [0.15, 0.2) is 0 Å². The Morgan fingerprint density at radius 2 is 2.04 bits per heavy atom. The summed E-state index contributed by atoms with van der Waals surface area (Å²) in [7, 11) is 4.06. The van der Waals surface area contributed by atoms with Crippen molar-refractivity contribution in [1.29, 1.82) is 0 Å². The quantitative estimate of drug-likeness (QED) is 0.876. The van der Waals surface area contributed by atoms with E-state index in [1.165, 1.54) is 25.0 Å². The lowest BCUT2D eigenvalue weighted by Crippen LogP contribution is -2.41. The molecule has 0 saturated heterocycles. The second-order valence-electron chi connectivity index (χ2n) is 6.45. The van der Waals surface area contributed by atoms with Crippen LogP contribution in [0.5, 0.6) is 0 Å². The Balaban J connectivity index is 1.69. The zero-order valence-electron chi connectivity index (χ0n) is 14.2. The standard InChI is InChI=1S/C17H22FN5O/c1-11-20-16(21-23(11)14-8-6-13(18)7-9-14)17(24)19-10-15(22(2)3)12-4-5-12/h6-9,12,15H,4-5,10H2,1-3H3,(H,19,24). The Labute approximate surface area is 140 Å². The van der Waals surface area contributed by atoms with Crippen LogP contribution in [-0.2, 0) is 0 Å². The fourth-order valence-corrected chi connectivity index (χ4v) is 2.84. The zero-order valence-corrected chi connectivity index (χ0v) is 14.2. The first-order valence-corrected chi connectivity index (χ1v) is 8.10. The molecule has 1 atom stereocenters. The number of amides is 1. The topological polar surface area (TPSA) is 63.1 Å². The van der Waals surface area contributed by atoms with E-state index in [-0.39, 0.29) is 17.5 Å². The smallest absolute Gasteiger partial charge is 0.291 e. The molecule has 1 aliphatic carbocycles. The fourth-order valence-electron chi connectivity index (χ4n) is 2.84. The zero-order chi connectivity index (χ0) is 17.3. The summed E-state index contributed by atoms with van der Waals surface area (Å²) in [4.78, 5) is 18.7. The third-order valence-electron chi connectivity index (χ3n) is 4.34. The molecule has 1 amide bonds. The highest BCUT2D eigenvalue weighted by atomic mass is 19.1. The minimum absolute atomic E-state index is 0.130. The molecule has 1 fully saturated rings. The van der Waals surface area contributed by atoms with Crippen molar-refractivity contribution in [3.8, 4) is 5.69 Å². The normalized spacial score (nSPS) is 15.5. The Hall–Kier alpha value is -2.28. The van der Waals surface area contributed by atoms with Crippen LogP contribution >= 0.6 is 0 Å². The van der Waals surface area contributed by atoms with E-state index >= 15 is 0 Å². The van der Waals surface area contributed by atoms with Crippen molar-refractivity contribution in [2.24, 2.45) is 5.92 Å². The van der Waals surface area contributed by atoms with Gasteiger partial charge in [0.2, 0.25) is 5.82 Å². The maximum absolute atomic E-state index is 13.0. The second-order valence-corrected chi connectivity index (χ2v) is 6.45. The molecule has 0 aliphatic heterocycles. The van der Waals surface area contributed by atoms with Gasteiger partial charge in [0.25, 0.3) is 5.91 Å². The summed E-state index contributed by atoms with van der Waals surface area (Å²) >= 11 is 0. The number of aryl methyl sites for hydroxylation is 1. The third-order valence-corrected chi connectivity index (χ3v) is 4.34. The van der Waals surface area contributed by atoms with Gasteiger partial charge in [0.1, 0.15) is 11.6 Å². The number of benzene rings is 1. The largest absolute Gasteiger partial charge is 0.348 e. The summed E-state index contributed by atoms with van der Waals surface area (Å²) < 4.78 is 14.6. The molecular weight excluding hydrogens is 309 g/mol. The number of carbonyl (C=O) groups is 1. The summed E-state index contributed by atoms with van der Waals surface area (Å²) in [5, 5.41) is 7.17. The molecule has 1 aromatic carbocycles. The van der Waals surface area contributed by atoms with E-state index in [4.69, 9.17) is 0 Å². The van der Waals surface area contributed by atoms with Crippen LogP contribution in [-0.4, -0.2) is 52.3 Å². The minimum Gasteiger partial charge on any atom is -0.348 e. The van der Waals surface area contributed by atoms with Crippen molar-refractivity contribution in [3.63, 3.8) is 0 Å². The number of hydrogen-bond donors (Lipinski definition) is 1. The lowest BCUT2D eigenvalue weighted by atomic mass is 10.1. The summed E-state index contributed by atoms with van der Waals surface area (Å²) in [5.74, 6) is 0.769. The number of rotatable bonds is 6. The van der Waals surface area contributed by atoms with E-state index in [0.29, 0.717) is 30.0 Å². The average Bonchev–Trinajstić information content (AvgIpc) is 3.30. The first kappa shape index (κ1) is 16.6. The molecule has 24 heavy (non-hydrogen) atoms. The van der Waals surface area contributed by atoms with E-state index in [2.05, 4.69) is 20.3 Å². The molecule has 3 rings (SSSR count). The van der Waals surface area contributed by atoms with Crippen LogP contribution in [0.15, 0.2) is 24.3 Å². The van der Waals surface area contributed by atoms with Crippen LogP contribution in [0.1, 0.15) is 29.3 Å². The molecule has 1 heterocycles. The molecule has 1 aliphatic rings. The van der Waals surface area contributed by atoms with Crippen molar-refractivity contribution >= 4 is 5.91 Å². The maximum Gasteiger partial charge on any atom is 0.291 e. The van der Waals surface area contributed by atoms with Crippen LogP contribution in [0.2, 0.25) is 0 Å². The second kappa shape index (κ2) is 6.68. The molecule has 0 radical (unpaired) electrons. The van der Waals surface area contributed by atoms with Crippen LogP contribution < -0.4 is 5.32 Å². The van der Waals surface area contributed by atoms with Gasteiger partial charge in [-0.05, 0) is 64.0 Å². The van der Waals surface area contributed by atoms with E-state index in [1.54, 1.807) is 23.7 Å². The summed E-state index contributed by atoms with van der Waals surface area (Å²) in [6, 6.07) is 6.26. The monoisotopic (exact) mass is 331 g/mol. The van der Waals surface area contributed by atoms with Gasteiger partial charge in [0, 0.05) is 12.6 Å². The van der Waals surface area contributed by atoms with Gasteiger partial charge in [-0.25, -0.2) is 14.1 Å². The lowest BCUT2D eigenvalue weighted by molar-refractivity contribution is 0.0928. The van der Waals surface area contributed by atoms with E-state index in [1.807, 2.05) is 14.1 Å². The highest BCUT2D eigenvalue weighted by molar-refractivity contribution is 5.90. The molecule has 0 bridgehead atoms. The van der Waals surface area contributed by atoms with Crippen molar-refractivity contribution in [1.82, 2.24) is 25.0 Å². The van der Waals surface area contributed by atoms with Crippen LogP contribution in [0.3, 0.4) is 0 Å². The number of likely N-dealkylation sites (N-methyl/N-ethyl adjacent to an activating group) is 1. The van der Waals surface area contributed by atoms with E-state index in [9.17, 15) is 9.18 Å². The van der Waals surface area contributed by atoms with Crippen LogP contribution in [0.25, 0.3) is 5.69 Å². The molecular formula is C17H22FN5O. The minimum atomic E-state index is -0.315. The first-order chi connectivity index (χ1) is 11.5. The molecule has 6 nitrogen and oxygen atoms in total. The van der Waals surface area contributed by atoms with Crippen LogP contribution in [0.4, 0.5) is 4.39 Å². The lowest BCUT2D eigenvalue weighted by Gasteiger charge is -2.24. The van der Waals surface area contributed by atoms with E-state index in [0.717, 1.165) is 0 Å². The number of halogens is 1. The highest BCUT2D eigenvalue weighted by Gasteiger charge is 2.33. The Bertz CT molecular complexity index is 719. The summed E-state index contributed by atoms with van der Waals surface area (Å²) in [6.07, 6.45) is 2.44. The van der Waals surface area contributed by atoms with Crippen LogP contribution in [0, 0.1) is 18.7 Å². The van der Waals surface area contributed by atoms with Gasteiger partial charge in [-0.3, -0.25) is 4.79 Å². The molecule has 2 aromatic rings. The Morgan fingerprint density at radius 1 is 1.38 bits per heavy atom. The van der Waals surface area contributed by atoms with E-state index < -0.39 is 0 Å². The third kappa shape index (κ3) is 3.62. The molecule has 1 N–H and O–H groups in total. The first-order valence-electron chi connectivity index (χ1n) is 8.10. The predicted molar refractivity (Wildman–Crippen MR) is 88.6 cm³/mol. The van der Waals surface area contributed by atoms with Gasteiger partial charge in [-0.2, -0.15) is 0 Å². The molecule has 1 saturated carbocycles. The van der Waals surface area contributed by atoms with Crippen molar-refractivity contribution in [3.05, 3.63) is 41.7 Å². The number of carbonyl (C=O) groups excluding carboxylic acids is 1. The Morgan fingerprint density at radius 3 is 2.62 bits per heavy atom. The number of aromatic nitrogens is 3. The molecule has 7 heteroatoms. The molecule has 1 aromatic heterocycles. The summed E-state index contributed by atoms with van der Waals surface area (Å²) in [5.41, 5.74) is 0.671. The van der Waals surface area contributed by atoms with Gasteiger partial charge >= 0.3 is 0 Å². The number of hydrogen-bond acceptors (Lipinski definition) is 4. The Kier molecular flexibility index (Phi) is 4.62.